The van der Waals surface area contributed by atoms with E-state index in [0.29, 0.717) is 6.54 Å². The molecule has 2 rings (SSSR count). The van der Waals surface area contributed by atoms with E-state index in [4.69, 9.17) is 0 Å². The van der Waals surface area contributed by atoms with Gasteiger partial charge in [-0.1, -0.05) is 6.92 Å². The Bertz CT molecular complexity index is 317. The van der Waals surface area contributed by atoms with E-state index in [9.17, 15) is 5.11 Å². The van der Waals surface area contributed by atoms with E-state index >= 15 is 0 Å². The van der Waals surface area contributed by atoms with Gasteiger partial charge in [0.2, 0.25) is 0 Å². The molecule has 0 radical (unpaired) electrons. The van der Waals surface area contributed by atoms with Gasteiger partial charge in [0.25, 0.3) is 0 Å². The highest BCUT2D eigenvalue weighted by Gasteiger charge is 2.29. The number of rotatable bonds is 4. The number of aromatic nitrogens is 1. The van der Waals surface area contributed by atoms with Crippen molar-refractivity contribution >= 4 is 0 Å². The summed E-state index contributed by atoms with van der Waals surface area (Å²) in [6, 6.07) is 4.28. The van der Waals surface area contributed by atoms with Crippen LogP contribution < -0.4 is 5.32 Å². The summed E-state index contributed by atoms with van der Waals surface area (Å²) in [5.74, 6) is 0. The van der Waals surface area contributed by atoms with Crippen LogP contribution in [0.4, 0.5) is 0 Å². The molecule has 2 N–H and O–H groups in total. The van der Waals surface area contributed by atoms with Gasteiger partial charge in [-0.05, 0) is 24.2 Å². The molecule has 88 valence electrons. The average molecular weight is 221 g/mol. The molecule has 4 heteroatoms. The first kappa shape index (κ1) is 11.5. The van der Waals surface area contributed by atoms with E-state index in [-0.39, 0.29) is 12.1 Å². The highest BCUT2D eigenvalue weighted by atomic mass is 16.3. The molecule has 16 heavy (non-hydrogen) atoms. The third-order valence-corrected chi connectivity index (χ3v) is 3.16. The third kappa shape index (κ3) is 2.58. The Kier molecular flexibility index (Phi) is 3.88. The molecule has 1 aliphatic rings. The number of nitrogens with zero attached hydrogens (tertiary/aromatic N) is 2. The molecule has 2 heterocycles. The minimum Gasteiger partial charge on any atom is -0.390 e. The predicted molar refractivity (Wildman–Crippen MR) is 63.0 cm³/mol. The van der Waals surface area contributed by atoms with Crippen LogP contribution in [-0.4, -0.2) is 46.8 Å². The predicted octanol–water partition coefficient (Wildman–Crippen LogP) is 0.236. The summed E-state index contributed by atoms with van der Waals surface area (Å²) in [5, 5.41) is 13.1. The molecule has 1 aliphatic heterocycles. The van der Waals surface area contributed by atoms with E-state index in [1.165, 1.54) is 5.56 Å². The Labute approximate surface area is 96.3 Å². The van der Waals surface area contributed by atoms with Crippen molar-refractivity contribution in [3.8, 4) is 0 Å². The van der Waals surface area contributed by atoms with Crippen LogP contribution in [0.2, 0.25) is 0 Å². The van der Waals surface area contributed by atoms with Gasteiger partial charge in [-0.15, -0.1) is 0 Å². The number of aliphatic hydroxyl groups excluding tert-OH is 1. The summed E-state index contributed by atoms with van der Waals surface area (Å²) >= 11 is 0. The number of likely N-dealkylation sites (N-methyl/N-ethyl adjacent to an activating group) is 1. The molecule has 2 atom stereocenters. The molecule has 0 aliphatic carbocycles. The van der Waals surface area contributed by atoms with Gasteiger partial charge in [-0.25, -0.2) is 0 Å². The summed E-state index contributed by atoms with van der Waals surface area (Å²) in [5.41, 5.74) is 1.25. The van der Waals surface area contributed by atoms with E-state index < -0.39 is 0 Å². The van der Waals surface area contributed by atoms with Crippen molar-refractivity contribution in [1.82, 2.24) is 15.2 Å². The maximum Gasteiger partial charge on any atom is 0.0831 e. The Balaban J connectivity index is 2.00. The van der Waals surface area contributed by atoms with Crippen molar-refractivity contribution in [1.29, 1.82) is 0 Å². The Morgan fingerprint density at radius 2 is 2.19 bits per heavy atom. The minimum atomic E-state index is -0.248. The van der Waals surface area contributed by atoms with Gasteiger partial charge in [0.15, 0.2) is 0 Å². The van der Waals surface area contributed by atoms with Crippen LogP contribution in [0.3, 0.4) is 0 Å². The van der Waals surface area contributed by atoms with Gasteiger partial charge in [-0.2, -0.15) is 0 Å². The van der Waals surface area contributed by atoms with Crippen LogP contribution in [0.1, 0.15) is 12.5 Å². The number of nitrogens with one attached hydrogen (secondary N) is 1. The van der Waals surface area contributed by atoms with Crippen molar-refractivity contribution in [2.75, 3.05) is 19.6 Å². The van der Waals surface area contributed by atoms with Crippen LogP contribution in [0.25, 0.3) is 0 Å². The lowest BCUT2D eigenvalue weighted by Crippen LogP contribution is -2.42. The summed E-state index contributed by atoms with van der Waals surface area (Å²) in [7, 11) is 0. The maximum atomic E-state index is 9.85. The number of hydrogen-bond donors (Lipinski definition) is 2. The lowest BCUT2D eigenvalue weighted by atomic mass is 10.1. The normalized spacial score (nSPS) is 25.2. The second-order valence-corrected chi connectivity index (χ2v) is 4.21. The zero-order valence-corrected chi connectivity index (χ0v) is 9.63. The summed E-state index contributed by atoms with van der Waals surface area (Å²) in [6.45, 7) is 5.54. The van der Waals surface area contributed by atoms with Crippen LogP contribution in [-0.2, 0) is 6.54 Å². The fraction of sp³-hybridized carbons (Fsp3) is 0.583. The standard InChI is InChI=1S/C12H19N3O/c1-2-15(11-7-14-8-12(11)16)9-10-3-5-13-6-4-10/h3-6,11-12,14,16H,2,7-9H2,1H3. The molecule has 0 bridgehead atoms. The zero-order valence-electron chi connectivity index (χ0n) is 9.63. The smallest absolute Gasteiger partial charge is 0.0831 e. The Morgan fingerprint density at radius 1 is 1.44 bits per heavy atom. The number of aliphatic hydroxyl groups is 1. The van der Waals surface area contributed by atoms with Crippen molar-refractivity contribution in [3.63, 3.8) is 0 Å². The molecule has 1 aromatic heterocycles. The molecule has 1 aromatic rings. The molecule has 0 aromatic carbocycles. The van der Waals surface area contributed by atoms with E-state index in [0.717, 1.165) is 19.6 Å². The summed E-state index contributed by atoms with van der Waals surface area (Å²) in [6.07, 6.45) is 3.38. The first-order chi connectivity index (χ1) is 7.81. The molecular weight excluding hydrogens is 202 g/mol. The molecule has 4 nitrogen and oxygen atoms in total. The highest BCUT2D eigenvalue weighted by Crippen LogP contribution is 2.13. The van der Waals surface area contributed by atoms with Crippen LogP contribution >= 0.6 is 0 Å². The highest BCUT2D eigenvalue weighted by molar-refractivity contribution is 5.10. The van der Waals surface area contributed by atoms with Crippen molar-refractivity contribution in [3.05, 3.63) is 30.1 Å². The molecule has 0 amide bonds. The van der Waals surface area contributed by atoms with Crippen LogP contribution in [0.15, 0.2) is 24.5 Å². The van der Waals surface area contributed by atoms with E-state index in [2.05, 4.69) is 22.1 Å². The fourth-order valence-electron chi connectivity index (χ4n) is 2.21. The topological polar surface area (TPSA) is 48.4 Å². The van der Waals surface area contributed by atoms with Gasteiger partial charge in [0, 0.05) is 38.1 Å². The summed E-state index contributed by atoms with van der Waals surface area (Å²) < 4.78 is 0. The largest absolute Gasteiger partial charge is 0.390 e. The van der Waals surface area contributed by atoms with Crippen molar-refractivity contribution < 1.29 is 5.11 Å². The lowest BCUT2D eigenvalue weighted by Gasteiger charge is -2.29. The van der Waals surface area contributed by atoms with Gasteiger partial charge in [0.05, 0.1) is 6.10 Å². The first-order valence-electron chi connectivity index (χ1n) is 5.83. The minimum absolute atomic E-state index is 0.234. The molecule has 1 fully saturated rings. The number of β-amino-alcohol motifs (C(OH)–C–C–N with tert-alkyl or cyclic N) is 1. The SMILES string of the molecule is CCN(Cc1ccncc1)C1CNCC1O. The fourth-order valence-corrected chi connectivity index (χ4v) is 2.21. The third-order valence-electron chi connectivity index (χ3n) is 3.16. The van der Waals surface area contributed by atoms with Gasteiger partial charge in [0.1, 0.15) is 0 Å². The van der Waals surface area contributed by atoms with Crippen LogP contribution in [0.5, 0.6) is 0 Å². The monoisotopic (exact) mass is 221 g/mol. The zero-order chi connectivity index (χ0) is 11.4. The average Bonchev–Trinajstić information content (AvgIpc) is 2.74. The Hall–Kier alpha value is -0.970. The van der Waals surface area contributed by atoms with Gasteiger partial charge >= 0.3 is 0 Å². The molecular formula is C12H19N3O. The van der Waals surface area contributed by atoms with Gasteiger partial charge in [-0.3, -0.25) is 9.88 Å². The number of pyridine rings is 1. The number of hydrogen-bond acceptors (Lipinski definition) is 4. The molecule has 1 saturated heterocycles. The summed E-state index contributed by atoms with van der Waals surface area (Å²) in [4.78, 5) is 6.32. The Morgan fingerprint density at radius 3 is 2.75 bits per heavy atom. The molecule has 2 unspecified atom stereocenters. The molecule has 0 saturated carbocycles. The van der Waals surface area contributed by atoms with Crippen molar-refractivity contribution in [2.45, 2.75) is 25.6 Å². The second-order valence-electron chi connectivity index (χ2n) is 4.21. The quantitative estimate of drug-likeness (QED) is 0.764. The van der Waals surface area contributed by atoms with Gasteiger partial charge < -0.3 is 10.4 Å². The van der Waals surface area contributed by atoms with E-state index in [1.807, 2.05) is 24.5 Å². The van der Waals surface area contributed by atoms with Crippen molar-refractivity contribution in [2.24, 2.45) is 0 Å². The second kappa shape index (κ2) is 5.39. The first-order valence-corrected chi connectivity index (χ1v) is 5.83. The van der Waals surface area contributed by atoms with Crippen LogP contribution in [0, 0.1) is 0 Å². The molecule has 0 spiro atoms. The van der Waals surface area contributed by atoms with E-state index in [1.54, 1.807) is 0 Å². The lowest BCUT2D eigenvalue weighted by molar-refractivity contribution is 0.0818. The maximum absolute atomic E-state index is 9.85.